The Morgan fingerprint density at radius 1 is 0.900 bits per heavy atom. The summed E-state index contributed by atoms with van der Waals surface area (Å²) >= 11 is 0. The zero-order valence-electron chi connectivity index (χ0n) is 12.1. The minimum absolute atomic E-state index is 0.326. The van der Waals surface area contributed by atoms with E-state index in [1.807, 2.05) is 6.08 Å². The highest BCUT2D eigenvalue weighted by atomic mass is 14.9. The average molecular weight is 265 g/mol. The van der Waals surface area contributed by atoms with Crippen molar-refractivity contribution >= 4 is 0 Å². The van der Waals surface area contributed by atoms with Crippen molar-refractivity contribution in [3.63, 3.8) is 0 Å². The van der Waals surface area contributed by atoms with Crippen LogP contribution in [-0.2, 0) is 12.8 Å². The Balaban J connectivity index is 2.06. The Kier molecular flexibility index (Phi) is 5.57. The quantitative estimate of drug-likeness (QED) is 0.746. The molecule has 1 N–H and O–H groups in total. The van der Waals surface area contributed by atoms with Crippen molar-refractivity contribution in [2.24, 2.45) is 0 Å². The minimum atomic E-state index is 0.326. The molecule has 0 saturated heterocycles. The summed E-state index contributed by atoms with van der Waals surface area (Å²) in [6.45, 7) is 6.01. The summed E-state index contributed by atoms with van der Waals surface area (Å²) in [6, 6.07) is 22.1. The Hall–Kier alpha value is -1.86. The summed E-state index contributed by atoms with van der Waals surface area (Å²) in [4.78, 5) is 0. The molecule has 0 fully saturated rings. The molecule has 2 aromatic carbocycles. The summed E-state index contributed by atoms with van der Waals surface area (Å²) in [5, 5.41) is 3.65. The van der Waals surface area contributed by atoms with Crippen LogP contribution in [-0.4, -0.2) is 12.1 Å². The van der Waals surface area contributed by atoms with E-state index >= 15 is 0 Å². The number of hydrogen-bond donors (Lipinski definition) is 1. The fourth-order valence-corrected chi connectivity index (χ4v) is 2.43. The molecule has 1 unspecified atom stereocenters. The standard InChI is InChI=1S/C19H23N/c1-3-16(2)20-19(14-17-10-6-4-7-11-17)15-18-12-8-5-9-13-18/h3-13,16,19-20H,1,14-15H2,2H3. The van der Waals surface area contributed by atoms with Crippen molar-refractivity contribution in [3.05, 3.63) is 84.4 Å². The van der Waals surface area contributed by atoms with Crippen LogP contribution in [0.15, 0.2) is 73.3 Å². The molecule has 0 heterocycles. The zero-order chi connectivity index (χ0) is 14.2. The first-order valence-corrected chi connectivity index (χ1v) is 7.24. The molecule has 0 bridgehead atoms. The molecule has 0 saturated carbocycles. The highest BCUT2D eigenvalue weighted by Gasteiger charge is 2.12. The number of rotatable bonds is 7. The van der Waals surface area contributed by atoms with Crippen LogP contribution >= 0.6 is 0 Å². The van der Waals surface area contributed by atoms with Gasteiger partial charge >= 0.3 is 0 Å². The molecule has 1 heteroatoms. The van der Waals surface area contributed by atoms with Gasteiger partial charge < -0.3 is 5.32 Å². The van der Waals surface area contributed by atoms with E-state index in [0.29, 0.717) is 12.1 Å². The fourth-order valence-electron chi connectivity index (χ4n) is 2.43. The maximum atomic E-state index is 3.87. The Labute approximate surface area is 122 Å². The van der Waals surface area contributed by atoms with E-state index in [1.165, 1.54) is 11.1 Å². The number of benzene rings is 2. The van der Waals surface area contributed by atoms with Gasteiger partial charge in [0.25, 0.3) is 0 Å². The van der Waals surface area contributed by atoms with Crippen LogP contribution in [0, 0.1) is 0 Å². The molecule has 0 spiro atoms. The van der Waals surface area contributed by atoms with Gasteiger partial charge in [-0.15, -0.1) is 6.58 Å². The monoisotopic (exact) mass is 265 g/mol. The number of hydrogen-bond acceptors (Lipinski definition) is 1. The maximum Gasteiger partial charge on any atom is 0.0221 e. The first-order chi connectivity index (χ1) is 9.78. The topological polar surface area (TPSA) is 12.0 Å². The predicted molar refractivity (Wildman–Crippen MR) is 86.9 cm³/mol. The molecule has 2 aromatic rings. The Morgan fingerprint density at radius 2 is 1.35 bits per heavy atom. The molecule has 104 valence electrons. The van der Waals surface area contributed by atoms with Gasteiger partial charge in [-0.2, -0.15) is 0 Å². The van der Waals surface area contributed by atoms with Gasteiger partial charge in [0, 0.05) is 12.1 Å². The van der Waals surface area contributed by atoms with Gasteiger partial charge in [-0.1, -0.05) is 66.7 Å². The molecule has 0 amide bonds. The third-order valence-electron chi connectivity index (χ3n) is 3.50. The lowest BCUT2D eigenvalue weighted by atomic mass is 9.98. The van der Waals surface area contributed by atoms with Gasteiger partial charge in [0.2, 0.25) is 0 Å². The van der Waals surface area contributed by atoms with E-state index in [0.717, 1.165) is 12.8 Å². The van der Waals surface area contributed by atoms with E-state index < -0.39 is 0 Å². The molecule has 1 atom stereocenters. The van der Waals surface area contributed by atoms with Crippen molar-refractivity contribution in [1.82, 2.24) is 5.32 Å². The van der Waals surface area contributed by atoms with E-state index in [4.69, 9.17) is 0 Å². The molecule has 2 rings (SSSR count). The molecular weight excluding hydrogens is 242 g/mol. The third-order valence-corrected chi connectivity index (χ3v) is 3.50. The summed E-state index contributed by atoms with van der Waals surface area (Å²) < 4.78 is 0. The molecule has 20 heavy (non-hydrogen) atoms. The van der Waals surface area contributed by atoms with Crippen molar-refractivity contribution in [3.8, 4) is 0 Å². The van der Waals surface area contributed by atoms with Gasteiger partial charge in [-0.25, -0.2) is 0 Å². The van der Waals surface area contributed by atoms with Crippen molar-refractivity contribution < 1.29 is 0 Å². The first-order valence-electron chi connectivity index (χ1n) is 7.24. The molecule has 0 aliphatic carbocycles. The molecular formula is C19H23N. The van der Waals surface area contributed by atoms with Gasteiger partial charge in [-0.3, -0.25) is 0 Å². The lowest BCUT2D eigenvalue weighted by Gasteiger charge is -2.22. The van der Waals surface area contributed by atoms with E-state index in [-0.39, 0.29) is 0 Å². The van der Waals surface area contributed by atoms with E-state index in [2.05, 4.69) is 79.5 Å². The first kappa shape index (κ1) is 14.5. The van der Waals surface area contributed by atoms with Gasteiger partial charge in [0.05, 0.1) is 0 Å². The maximum absolute atomic E-state index is 3.87. The Morgan fingerprint density at radius 3 is 1.75 bits per heavy atom. The smallest absolute Gasteiger partial charge is 0.0221 e. The van der Waals surface area contributed by atoms with Crippen molar-refractivity contribution in [2.45, 2.75) is 31.8 Å². The fraction of sp³-hybridized carbons (Fsp3) is 0.263. The summed E-state index contributed by atoms with van der Waals surface area (Å²) in [5.74, 6) is 0. The SMILES string of the molecule is C=CC(C)NC(Cc1ccccc1)Cc1ccccc1. The molecule has 0 aliphatic rings. The third kappa shape index (κ3) is 4.67. The summed E-state index contributed by atoms with van der Waals surface area (Å²) in [7, 11) is 0. The van der Waals surface area contributed by atoms with Crippen LogP contribution in [0.2, 0.25) is 0 Å². The average Bonchev–Trinajstić information content (AvgIpc) is 2.49. The number of nitrogens with one attached hydrogen (secondary N) is 1. The van der Waals surface area contributed by atoms with Crippen LogP contribution in [0.1, 0.15) is 18.1 Å². The lowest BCUT2D eigenvalue weighted by molar-refractivity contribution is 0.479. The molecule has 0 aromatic heterocycles. The largest absolute Gasteiger partial charge is 0.307 e. The lowest BCUT2D eigenvalue weighted by Crippen LogP contribution is -2.38. The second kappa shape index (κ2) is 7.66. The van der Waals surface area contributed by atoms with Crippen molar-refractivity contribution in [2.75, 3.05) is 0 Å². The van der Waals surface area contributed by atoms with Crippen LogP contribution < -0.4 is 5.32 Å². The normalized spacial score (nSPS) is 12.3. The zero-order valence-corrected chi connectivity index (χ0v) is 12.1. The molecule has 1 nitrogen and oxygen atoms in total. The van der Waals surface area contributed by atoms with Crippen LogP contribution in [0.5, 0.6) is 0 Å². The van der Waals surface area contributed by atoms with Crippen LogP contribution in [0.3, 0.4) is 0 Å². The predicted octanol–water partition coefficient (Wildman–Crippen LogP) is 4.00. The summed E-state index contributed by atoms with van der Waals surface area (Å²) in [5.41, 5.74) is 2.74. The Bertz CT molecular complexity index is 462. The van der Waals surface area contributed by atoms with Gasteiger partial charge in [-0.05, 0) is 30.9 Å². The molecule has 0 aliphatic heterocycles. The second-order valence-corrected chi connectivity index (χ2v) is 5.27. The van der Waals surface area contributed by atoms with Crippen molar-refractivity contribution in [1.29, 1.82) is 0 Å². The van der Waals surface area contributed by atoms with Crippen LogP contribution in [0.4, 0.5) is 0 Å². The van der Waals surface area contributed by atoms with E-state index in [1.54, 1.807) is 0 Å². The van der Waals surface area contributed by atoms with E-state index in [9.17, 15) is 0 Å². The second-order valence-electron chi connectivity index (χ2n) is 5.27. The van der Waals surface area contributed by atoms with Crippen LogP contribution in [0.25, 0.3) is 0 Å². The van der Waals surface area contributed by atoms with Gasteiger partial charge in [0.1, 0.15) is 0 Å². The highest BCUT2D eigenvalue weighted by Crippen LogP contribution is 2.10. The minimum Gasteiger partial charge on any atom is -0.307 e. The summed E-state index contributed by atoms with van der Waals surface area (Å²) in [6.07, 6.45) is 4.03. The van der Waals surface area contributed by atoms with Gasteiger partial charge in [0.15, 0.2) is 0 Å². The molecule has 0 radical (unpaired) electrons. The highest BCUT2D eigenvalue weighted by molar-refractivity contribution is 5.20.